The third-order valence-electron chi connectivity index (χ3n) is 2.84. The zero-order valence-electron chi connectivity index (χ0n) is 9.52. The fraction of sp³-hybridized carbons (Fsp3) is 0.462. The minimum absolute atomic E-state index is 0.115. The summed E-state index contributed by atoms with van der Waals surface area (Å²) in [6.45, 7) is -0.169. The van der Waals surface area contributed by atoms with Crippen LogP contribution in [0, 0.1) is 0 Å². The van der Waals surface area contributed by atoms with Crippen LogP contribution in [0.15, 0.2) is 30.3 Å². The van der Waals surface area contributed by atoms with Crippen molar-refractivity contribution in [2.45, 2.75) is 25.0 Å². The Balaban J connectivity index is 1.83. The zero-order chi connectivity index (χ0) is 12.1. The molecule has 92 valence electrons. The molecule has 1 heterocycles. The molecular weight excluding hydrogens is 223 g/mol. The van der Waals surface area contributed by atoms with Crippen LogP contribution in [0.3, 0.4) is 0 Å². The minimum Gasteiger partial charge on any atom is -0.454 e. The van der Waals surface area contributed by atoms with Crippen LogP contribution < -0.4 is 0 Å². The van der Waals surface area contributed by atoms with E-state index in [1.54, 1.807) is 0 Å². The zero-order valence-corrected chi connectivity index (χ0v) is 9.52. The summed E-state index contributed by atoms with van der Waals surface area (Å²) in [4.78, 5) is 11.0. The van der Waals surface area contributed by atoms with E-state index in [1.807, 2.05) is 30.3 Å². The fourth-order valence-electron chi connectivity index (χ4n) is 1.84. The maximum absolute atomic E-state index is 12.9. The van der Waals surface area contributed by atoms with Crippen molar-refractivity contribution < 1.29 is 18.7 Å². The lowest BCUT2D eigenvalue weighted by Gasteiger charge is -2.23. The molecular formula is C13H15FO3. The number of ether oxygens (including phenoxy) is 2. The molecule has 0 unspecified atom stereocenters. The first-order chi connectivity index (χ1) is 8.24. The molecule has 4 heteroatoms. The largest absolute Gasteiger partial charge is 0.454 e. The number of benzene rings is 1. The molecule has 0 aliphatic carbocycles. The Hall–Kier alpha value is -1.42. The first kappa shape index (κ1) is 12.0. The van der Waals surface area contributed by atoms with Crippen molar-refractivity contribution in [1.29, 1.82) is 0 Å². The van der Waals surface area contributed by atoms with Gasteiger partial charge in [0.05, 0.1) is 13.2 Å². The lowest BCUT2D eigenvalue weighted by atomic mass is 10.0. The smallest absolute Gasteiger partial charge is 0.306 e. The number of carbonyl (C=O) groups excluding carboxylic acids is 1. The highest BCUT2D eigenvalue weighted by Crippen LogP contribution is 2.27. The Morgan fingerprint density at radius 2 is 2.12 bits per heavy atom. The van der Waals surface area contributed by atoms with Gasteiger partial charge in [0.15, 0.2) is 5.60 Å². The molecule has 1 fully saturated rings. The molecule has 0 amide bonds. The molecule has 1 atom stereocenters. The van der Waals surface area contributed by atoms with Gasteiger partial charge in [0, 0.05) is 12.8 Å². The molecule has 1 aromatic rings. The van der Waals surface area contributed by atoms with Crippen molar-refractivity contribution in [3.8, 4) is 0 Å². The summed E-state index contributed by atoms with van der Waals surface area (Å²) in [5.74, 6) is -0.342. The number of esters is 1. The molecule has 0 bridgehead atoms. The number of cyclic esters (lactones) is 1. The minimum atomic E-state index is -1.05. The van der Waals surface area contributed by atoms with Crippen molar-refractivity contribution >= 4 is 5.97 Å². The molecule has 1 aliphatic heterocycles. The lowest BCUT2D eigenvalue weighted by molar-refractivity contribution is -0.155. The average molecular weight is 238 g/mol. The molecule has 17 heavy (non-hydrogen) atoms. The van der Waals surface area contributed by atoms with Gasteiger partial charge in [0.2, 0.25) is 0 Å². The summed E-state index contributed by atoms with van der Waals surface area (Å²) in [7, 11) is 0. The van der Waals surface area contributed by atoms with E-state index in [0.29, 0.717) is 13.0 Å². The van der Waals surface area contributed by atoms with Gasteiger partial charge in [0.25, 0.3) is 0 Å². The maximum atomic E-state index is 12.9. The van der Waals surface area contributed by atoms with E-state index in [-0.39, 0.29) is 19.0 Å². The van der Waals surface area contributed by atoms with Crippen LogP contribution in [0.1, 0.15) is 18.4 Å². The number of carbonyl (C=O) groups is 1. The molecule has 1 aliphatic rings. The van der Waals surface area contributed by atoms with Gasteiger partial charge in [-0.05, 0) is 5.56 Å². The molecule has 1 saturated heterocycles. The quantitative estimate of drug-likeness (QED) is 0.738. The number of rotatable bonds is 5. The summed E-state index contributed by atoms with van der Waals surface area (Å²) in [5, 5.41) is 0. The molecule has 1 aromatic carbocycles. The Labute approximate surface area is 99.5 Å². The third kappa shape index (κ3) is 3.03. The average Bonchev–Trinajstić information content (AvgIpc) is 2.73. The predicted octanol–water partition coefficient (Wildman–Crippen LogP) is 2.25. The second-order valence-corrected chi connectivity index (χ2v) is 4.27. The topological polar surface area (TPSA) is 35.5 Å². The van der Waals surface area contributed by atoms with Crippen molar-refractivity contribution in [3.05, 3.63) is 35.9 Å². The first-order valence-electron chi connectivity index (χ1n) is 5.64. The second-order valence-electron chi connectivity index (χ2n) is 4.27. The van der Waals surface area contributed by atoms with E-state index in [0.717, 1.165) is 5.56 Å². The summed E-state index contributed by atoms with van der Waals surface area (Å²) in [6, 6.07) is 9.62. The van der Waals surface area contributed by atoms with Crippen molar-refractivity contribution in [2.75, 3.05) is 13.3 Å². The lowest BCUT2D eigenvalue weighted by Crippen LogP contribution is -2.36. The molecule has 0 aromatic heterocycles. The van der Waals surface area contributed by atoms with Crippen LogP contribution in [0.2, 0.25) is 0 Å². The SMILES string of the molecule is O=C1CC[C@@](CF)(COCc2ccccc2)O1. The molecule has 0 spiro atoms. The first-order valence-corrected chi connectivity index (χ1v) is 5.64. The van der Waals surface area contributed by atoms with Gasteiger partial charge >= 0.3 is 5.97 Å². The van der Waals surface area contributed by atoms with E-state index in [2.05, 4.69) is 0 Å². The van der Waals surface area contributed by atoms with Crippen LogP contribution in [0.5, 0.6) is 0 Å². The highest BCUT2D eigenvalue weighted by Gasteiger charge is 2.41. The highest BCUT2D eigenvalue weighted by molar-refractivity contribution is 5.72. The Kier molecular flexibility index (Phi) is 3.74. The van der Waals surface area contributed by atoms with Crippen LogP contribution in [0.4, 0.5) is 4.39 Å². The van der Waals surface area contributed by atoms with E-state index in [1.165, 1.54) is 0 Å². The molecule has 3 nitrogen and oxygen atoms in total. The molecule has 2 rings (SSSR count). The van der Waals surface area contributed by atoms with E-state index in [9.17, 15) is 9.18 Å². The summed E-state index contributed by atoms with van der Waals surface area (Å²) >= 11 is 0. The Morgan fingerprint density at radius 3 is 2.71 bits per heavy atom. The Morgan fingerprint density at radius 1 is 1.35 bits per heavy atom. The summed E-state index contributed by atoms with van der Waals surface area (Å²) < 4.78 is 23.3. The van der Waals surface area contributed by atoms with Crippen molar-refractivity contribution in [1.82, 2.24) is 0 Å². The van der Waals surface area contributed by atoms with Crippen LogP contribution in [-0.4, -0.2) is 24.9 Å². The van der Waals surface area contributed by atoms with E-state index in [4.69, 9.17) is 9.47 Å². The van der Waals surface area contributed by atoms with Crippen molar-refractivity contribution in [3.63, 3.8) is 0 Å². The van der Waals surface area contributed by atoms with E-state index >= 15 is 0 Å². The summed E-state index contributed by atoms with van der Waals surface area (Å²) in [6.07, 6.45) is 0.676. The van der Waals surface area contributed by atoms with Crippen LogP contribution in [-0.2, 0) is 20.9 Å². The van der Waals surface area contributed by atoms with Gasteiger partial charge in [-0.2, -0.15) is 0 Å². The molecule has 0 radical (unpaired) electrons. The standard InChI is InChI=1S/C13H15FO3/c14-9-13(7-6-12(15)17-13)10-16-8-11-4-2-1-3-5-11/h1-5H,6-10H2/t13-/m1/s1. The predicted molar refractivity (Wildman–Crippen MR) is 60.1 cm³/mol. The fourth-order valence-corrected chi connectivity index (χ4v) is 1.84. The number of alkyl halides is 1. The molecule has 0 N–H and O–H groups in total. The normalized spacial score (nSPS) is 23.7. The molecule has 0 saturated carbocycles. The summed E-state index contributed by atoms with van der Waals surface area (Å²) in [5.41, 5.74) is -0.0304. The number of hydrogen-bond acceptors (Lipinski definition) is 3. The van der Waals surface area contributed by atoms with Crippen molar-refractivity contribution in [2.24, 2.45) is 0 Å². The van der Waals surface area contributed by atoms with Crippen LogP contribution in [0.25, 0.3) is 0 Å². The Bertz CT molecular complexity index is 380. The van der Waals surface area contributed by atoms with Gasteiger partial charge in [0.1, 0.15) is 6.67 Å². The van der Waals surface area contributed by atoms with Gasteiger partial charge in [-0.1, -0.05) is 30.3 Å². The van der Waals surface area contributed by atoms with E-state index < -0.39 is 12.3 Å². The number of hydrogen-bond donors (Lipinski definition) is 0. The van der Waals surface area contributed by atoms with Gasteiger partial charge in [-0.3, -0.25) is 4.79 Å². The van der Waals surface area contributed by atoms with Gasteiger partial charge in [-0.25, -0.2) is 4.39 Å². The van der Waals surface area contributed by atoms with Crippen LogP contribution >= 0.6 is 0 Å². The number of halogens is 1. The maximum Gasteiger partial charge on any atom is 0.306 e. The highest BCUT2D eigenvalue weighted by atomic mass is 19.1. The third-order valence-corrected chi connectivity index (χ3v) is 2.84. The van der Waals surface area contributed by atoms with Gasteiger partial charge < -0.3 is 9.47 Å². The van der Waals surface area contributed by atoms with Gasteiger partial charge in [-0.15, -0.1) is 0 Å². The second kappa shape index (κ2) is 5.27. The monoisotopic (exact) mass is 238 g/mol.